The quantitative estimate of drug-likeness (QED) is 0.163. The summed E-state index contributed by atoms with van der Waals surface area (Å²) in [6.45, 7) is 16.9. The largest absolute Gasteiger partial charge is 0.192 e. The topological polar surface area (TPSA) is 23.8 Å². The Balaban J connectivity index is 1.36. The summed E-state index contributed by atoms with van der Waals surface area (Å²) in [6, 6.07) is 52.1. The third kappa shape index (κ3) is 4.04. The van der Waals surface area contributed by atoms with Crippen LogP contribution in [0.4, 0.5) is 0 Å². The highest BCUT2D eigenvalue weighted by molar-refractivity contribution is 6.23. The number of aryl methyl sites for hydroxylation is 1. The molecule has 0 radical (unpaired) electrons. The number of hydrogen-bond donors (Lipinski definition) is 0. The van der Waals surface area contributed by atoms with E-state index in [1.165, 1.54) is 111 Å². The minimum atomic E-state index is -0.277. The fourth-order valence-corrected chi connectivity index (χ4v) is 11.3. The van der Waals surface area contributed by atoms with Gasteiger partial charge in [0.05, 0.1) is 11.6 Å². The monoisotopic (exact) mass is 717 g/mol. The van der Waals surface area contributed by atoms with Crippen LogP contribution in [0.5, 0.6) is 0 Å². The average molecular weight is 718 g/mol. The van der Waals surface area contributed by atoms with Gasteiger partial charge in [0, 0.05) is 16.2 Å². The normalized spacial score (nSPS) is 15.8. The second-order valence-corrected chi connectivity index (χ2v) is 18.0. The lowest BCUT2D eigenvalue weighted by molar-refractivity contribution is 0.636. The Morgan fingerprint density at radius 1 is 0.393 bits per heavy atom. The third-order valence-corrected chi connectivity index (χ3v) is 13.9. The fourth-order valence-electron chi connectivity index (χ4n) is 11.3. The van der Waals surface area contributed by atoms with E-state index in [1.54, 1.807) is 0 Å². The van der Waals surface area contributed by atoms with Gasteiger partial charge < -0.3 is 0 Å². The van der Waals surface area contributed by atoms with E-state index in [4.69, 9.17) is 0 Å². The van der Waals surface area contributed by atoms with Gasteiger partial charge in [-0.05, 0) is 142 Å². The lowest BCUT2D eigenvalue weighted by atomic mass is 9.71. The first-order valence-electron chi connectivity index (χ1n) is 20.0. The molecule has 0 heterocycles. The Hall–Kier alpha value is -6.23. The maximum absolute atomic E-state index is 9.77. The zero-order valence-corrected chi connectivity index (χ0v) is 33.1. The van der Waals surface area contributed by atoms with E-state index in [-0.39, 0.29) is 16.2 Å². The molecular weight excluding hydrogens is 675 g/mol. The molecular formula is C55H43N. The molecule has 0 bridgehead atoms. The van der Waals surface area contributed by atoms with E-state index in [0.717, 1.165) is 5.56 Å². The summed E-state index contributed by atoms with van der Waals surface area (Å²) in [5.41, 5.74) is 23.2. The van der Waals surface area contributed by atoms with Crippen molar-refractivity contribution in [1.29, 1.82) is 5.26 Å². The number of benzene rings is 8. The third-order valence-electron chi connectivity index (χ3n) is 13.9. The average Bonchev–Trinajstić information content (AvgIpc) is 3.69. The van der Waals surface area contributed by atoms with Crippen LogP contribution in [0.15, 0.2) is 133 Å². The van der Waals surface area contributed by atoms with Gasteiger partial charge in [-0.3, -0.25) is 0 Å². The Morgan fingerprint density at radius 2 is 0.804 bits per heavy atom. The molecule has 0 saturated carbocycles. The van der Waals surface area contributed by atoms with Crippen LogP contribution in [-0.4, -0.2) is 0 Å². The molecule has 0 aliphatic heterocycles. The second kappa shape index (κ2) is 11.0. The molecule has 0 fully saturated rings. The van der Waals surface area contributed by atoms with Crippen molar-refractivity contribution in [3.05, 3.63) is 178 Å². The molecule has 0 unspecified atom stereocenters. The smallest absolute Gasteiger partial charge is 0.0991 e. The van der Waals surface area contributed by atoms with Crippen molar-refractivity contribution in [1.82, 2.24) is 0 Å². The van der Waals surface area contributed by atoms with Gasteiger partial charge in [-0.2, -0.15) is 5.26 Å². The maximum atomic E-state index is 9.77. The minimum Gasteiger partial charge on any atom is -0.192 e. The van der Waals surface area contributed by atoms with Crippen LogP contribution in [0.3, 0.4) is 0 Å². The molecule has 0 amide bonds. The standard InChI is InChI=1S/C55H43N/c1-31-20-24-33(25-21-31)46-36-15-9-8-14-35(36)45(34-26-22-32(30-56)23-27-34)39-28-41-44(29-40(39)46)55(6,7)52-48-38-17-11-12-18-42(38)53(2,3)50(48)47-37-16-10-13-19-43(37)54(4,5)51(47)49(41)52/h8-29H,1-7H3. The zero-order valence-electron chi connectivity index (χ0n) is 33.1. The van der Waals surface area contributed by atoms with E-state index in [1.807, 2.05) is 12.1 Å². The Kier molecular flexibility index (Phi) is 6.49. The predicted octanol–water partition coefficient (Wildman–Crippen LogP) is 14.4. The van der Waals surface area contributed by atoms with Crippen molar-refractivity contribution < 1.29 is 0 Å². The van der Waals surface area contributed by atoms with Gasteiger partial charge in [0.2, 0.25) is 0 Å². The van der Waals surface area contributed by atoms with Crippen LogP contribution in [-0.2, 0) is 16.2 Å². The molecule has 0 saturated heterocycles. The Labute approximate surface area is 329 Å². The number of nitrogens with zero attached hydrogens (tertiary/aromatic N) is 1. The van der Waals surface area contributed by atoms with Crippen molar-refractivity contribution in [3.63, 3.8) is 0 Å². The van der Waals surface area contributed by atoms with E-state index < -0.39 is 0 Å². The van der Waals surface area contributed by atoms with Gasteiger partial charge in [-0.1, -0.05) is 156 Å². The molecule has 0 atom stereocenters. The highest BCUT2D eigenvalue weighted by atomic mass is 14.5. The first kappa shape index (κ1) is 33.1. The summed E-state index contributed by atoms with van der Waals surface area (Å²) < 4.78 is 0. The lowest BCUT2D eigenvalue weighted by Gasteiger charge is -2.31. The molecule has 56 heavy (non-hydrogen) atoms. The van der Waals surface area contributed by atoms with Gasteiger partial charge in [0.1, 0.15) is 0 Å². The van der Waals surface area contributed by atoms with Crippen LogP contribution < -0.4 is 0 Å². The van der Waals surface area contributed by atoms with Crippen molar-refractivity contribution >= 4 is 21.5 Å². The molecule has 268 valence electrons. The highest BCUT2D eigenvalue weighted by Gasteiger charge is 2.52. The molecule has 0 spiro atoms. The summed E-state index contributed by atoms with van der Waals surface area (Å²) in [7, 11) is 0. The summed E-state index contributed by atoms with van der Waals surface area (Å²) in [4.78, 5) is 0. The van der Waals surface area contributed by atoms with Crippen LogP contribution >= 0.6 is 0 Å². The van der Waals surface area contributed by atoms with Crippen LogP contribution in [0.1, 0.15) is 86.1 Å². The van der Waals surface area contributed by atoms with Crippen molar-refractivity contribution in [3.8, 4) is 61.7 Å². The van der Waals surface area contributed by atoms with Crippen LogP contribution in [0, 0.1) is 18.3 Å². The molecule has 0 N–H and O–H groups in total. The van der Waals surface area contributed by atoms with Crippen molar-refractivity contribution in [2.24, 2.45) is 0 Å². The highest BCUT2D eigenvalue weighted by Crippen LogP contribution is 2.68. The lowest BCUT2D eigenvalue weighted by Crippen LogP contribution is -2.22. The summed E-state index contributed by atoms with van der Waals surface area (Å²) in [5, 5.41) is 14.7. The summed E-state index contributed by atoms with van der Waals surface area (Å²) in [5.74, 6) is 0. The van der Waals surface area contributed by atoms with Gasteiger partial charge in [0.25, 0.3) is 0 Å². The fraction of sp³-hybridized carbons (Fsp3) is 0.182. The molecule has 8 aromatic carbocycles. The van der Waals surface area contributed by atoms with Gasteiger partial charge in [0.15, 0.2) is 0 Å². The van der Waals surface area contributed by atoms with Gasteiger partial charge in [-0.25, -0.2) is 0 Å². The van der Waals surface area contributed by atoms with Gasteiger partial charge in [-0.15, -0.1) is 0 Å². The van der Waals surface area contributed by atoms with E-state index in [2.05, 4.69) is 176 Å². The number of fused-ring (bicyclic) bond motifs is 14. The molecule has 3 aliphatic carbocycles. The van der Waals surface area contributed by atoms with Crippen molar-refractivity contribution in [2.45, 2.75) is 64.7 Å². The molecule has 11 rings (SSSR count). The molecule has 8 aromatic rings. The van der Waals surface area contributed by atoms with E-state index >= 15 is 0 Å². The molecule has 3 aliphatic rings. The Morgan fingerprint density at radius 3 is 1.30 bits per heavy atom. The maximum Gasteiger partial charge on any atom is 0.0991 e. The van der Waals surface area contributed by atoms with E-state index in [0.29, 0.717) is 5.56 Å². The van der Waals surface area contributed by atoms with Crippen LogP contribution in [0.2, 0.25) is 0 Å². The van der Waals surface area contributed by atoms with Gasteiger partial charge >= 0.3 is 0 Å². The molecule has 1 heteroatoms. The molecule has 1 nitrogen and oxygen atoms in total. The Bertz CT molecular complexity index is 3090. The molecule has 0 aromatic heterocycles. The SMILES string of the molecule is Cc1ccc(-c2c3ccccc3c(-c3ccc(C#N)cc3)c3cc4c(cc23)C(C)(C)c2c3c(c5c(c2-4)C(C)(C)c2ccccc2-5)C(C)(C)c2ccccc2-3)cc1. The number of hydrogen-bond acceptors (Lipinski definition) is 1. The van der Waals surface area contributed by atoms with Crippen molar-refractivity contribution in [2.75, 3.05) is 0 Å². The number of nitriles is 1. The van der Waals surface area contributed by atoms with E-state index in [9.17, 15) is 5.26 Å². The predicted molar refractivity (Wildman–Crippen MR) is 234 cm³/mol. The first-order valence-corrected chi connectivity index (χ1v) is 20.0. The second-order valence-electron chi connectivity index (χ2n) is 18.0. The van der Waals surface area contributed by atoms with Crippen LogP contribution in [0.25, 0.3) is 77.2 Å². The minimum absolute atomic E-state index is 0.159. The summed E-state index contributed by atoms with van der Waals surface area (Å²) in [6.07, 6.45) is 0. The first-order chi connectivity index (χ1) is 26.9. The zero-order chi connectivity index (χ0) is 38.5. The summed E-state index contributed by atoms with van der Waals surface area (Å²) >= 11 is 0. The number of rotatable bonds is 2.